The van der Waals surface area contributed by atoms with E-state index in [1.165, 1.54) is 0 Å². The third kappa shape index (κ3) is 5.60. The van der Waals surface area contributed by atoms with Crippen LogP contribution in [0.15, 0.2) is 29.4 Å². The van der Waals surface area contributed by atoms with Crippen molar-refractivity contribution in [2.45, 2.75) is 13.1 Å². The molecule has 0 saturated heterocycles. The first-order chi connectivity index (χ1) is 8.94. The summed E-state index contributed by atoms with van der Waals surface area (Å²) in [6.07, 6.45) is -4.34. The standard InChI is InChI=1S/C12H14F3NO3/c1-9(16-17)10-4-2-3-5-11(10)19-7-6-18-8-12(13,14)15/h2-5,17H,6-8H2,1H3/b16-9-. The molecule has 1 aromatic rings. The topological polar surface area (TPSA) is 51.1 Å². The monoisotopic (exact) mass is 277 g/mol. The van der Waals surface area contributed by atoms with Crippen LogP contribution in [0.25, 0.3) is 0 Å². The molecule has 0 aliphatic heterocycles. The molecule has 4 nitrogen and oxygen atoms in total. The molecule has 19 heavy (non-hydrogen) atoms. The van der Waals surface area contributed by atoms with Gasteiger partial charge in [-0.15, -0.1) is 0 Å². The predicted molar refractivity (Wildman–Crippen MR) is 62.8 cm³/mol. The summed E-state index contributed by atoms with van der Waals surface area (Å²) in [4.78, 5) is 0. The van der Waals surface area contributed by atoms with Gasteiger partial charge in [0.1, 0.15) is 19.0 Å². The van der Waals surface area contributed by atoms with Crippen LogP contribution in [0.4, 0.5) is 13.2 Å². The van der Waals surface area contributed by atoms with E-state index in [9.17, 15) is 13.2 Å². The lowest BCUT2D eigenvalue weighted by atomic mass is 10.1. The van der Waals surface area contributed by atoms with E-state index in [0.29, 0.717) is 17.0 Å². The molecule has 0 aliphatic carbocycles. The maximum atomic E-state index is 11.8. The van der Waals surface area contributed by atoms with Crippen molar-refractivity contribution in [3.8, 4) is 5.75 Å². The Balaban J connectivity index is 2.46. The van der Waals surface area contributed by atoms with Crippen molar-refractivity contribution in [3.63, 3.8) is 0 Å². The quantitative estimate of drug-likeness (QED) is 0.376. The van der Waals surface area contributed by atoms with E-state index in [1.807, 2.05) is 0 Å². The summed E-state index contributed by atoms with van der Waals surface area (Å²) in [6, 6.07) is 6.76. The van der Waals surface area contributed by atoms with Crippen LogP contribution in [-0.2, 0) is 4.74 Å². The predicted octanol–water partition coefficient (Wildman–Crippen LogP) is 2.84. The molecule has 1 rings (SSSR count). The average molecular weight is 277 g/mol. The molecule has 0 aromatic heterocycles. The maximum Gasteiger partial charge on any atom is 0.411 e. The molecule has 0 saturated carbocycles. The normalized spacial score (nSPS) is 12.5. The maximum absolute atomic E-state index is 11.8. The van der Waals surface area contributed by atoms with E-state index in [4.69, 9.17) is 9.94 Å². The van der Waals surface area contributed by atoms with Gasteiger partial charge in [0.2, 0.25) is 0 Å². The fraction of sp³-hybridized carbons (Fsp3) is 0.417. The summed E-state index contributed by atoms with van der Waals surface area (Å²) in [5.41, 5.74) is 0.924. The molecular weight excluding hydrogens is 263 g/mol. The van der Waals surface area contributed by atoms with Crippen LogP contribution in [0.3, 0.4) is 0 Å². The molecule has 106 valence electrons. The Morgan fingerprint density at radius 2 is 1.95 bits per heavy atom. The average Bonchev–Trinajstić information content (AvgIpc) is 2.36. The lowest BCUT2D eigenvalue weighted by Gasteiger charge is -2.11. The van der Waals surface area contributed by atoms with Gasteiger partial charge in [0, 0.05) is 5.56 Å². The van der Waals surface area contributed by atoms with Gasteiger partial charge in [0.15, 0.2) is 0 Å². The van der Waals surface area contributed by atoms with E-state index in [0.717, 1.165) is 0 Å². The third-order valence-electron chi connectivity index (χ3n) is 2.18. The molecule has 0 radical (unpaired) electrons. The highest BCUT2D eigenvalue weighted by molar-refractivity contribution is 6.00. The fourth-order valence-electron chi connectivity index (χ4n) is 1.34. The van der Waals surface area contributed by atoms with E-state index >= 15 is 0 Å². The van der Waals surface area contributed by atoms with Crippen molar-refractivity contribution < 1.29 is 27.9 Å². The Labute approximate surface area is 108 Å². The number of benzene rings is 1. The lowest BCUT2D eigenvalue weighted by Crippen LogP contribution is -2.19. The highest BCUT2D eigenvalue weighted by Gasteiger charge is 2.27. The van der Waals surface area contributed by atoms with Crippen molar-refractivity contribution in [1.29, 1.82) is 0 Å². The van der Waals surface area contributed by atoms with E-state index < -0.39 is 12.8 Å². The number of alkyl halides is 3. The van der Waals surface area contributed by atoms with E-state index in [-0.39, 0.29) is 13.2 Å². The number of halogens is 3. The molecule has 0 bridgehead atoms. The van der Waals surface area contributed by atoms with Gasteiger partial charge < -0.3 is 14.7 Å². The molecule has 0 amide bonds. The van der Waals surface area contributed by atoms with Crippen LogP contribution in [0.2, 0.25) is 0 Å². The van der Waals surface area contributed by atoms with Crippen LogP contribution in [-0.4, -0.2) is 36.9 Å². The minimum Gasteiger partial charge on any atom is -0.490 e. The van der Waals surface area contributed by atoms with Gasteiger partial charge in [0.05, 0.1) is 12.3 Å². The Kier molecular flexibility index (Phi) is 5.62. The van der Waals surface area contributed by atoms with Gasteiger partial charge in [-0.1, -0.05) is 17.3 Å². The summed E-state index contributed by atoms with van der Waals surface area (Å²) >= 11 is 0. The van der Waals surface area contributed by atoms with Crippen LogP contribution in [0.1, 0.15) is 12.5 Å². The molecule has 0 unspecified atom stereocenters. The van der Waals surface area contributed by atoms with Crippen LogP contribution >= 0.6 is 0 Å². The third-order valence-corrected chi connectivity index (χ3v) is 2.18. The molecule has 1 N–H and O–H groups in total. The van der Waals surface area contributed by atoms with E-state index in [1.54, 1.807) is 31.2 Å². The summed E-state index contributed by atoms with van der Waals surface area (Å²) in [5.74, 6) is 0.424. The number of para-hydroxylation sites is 1. The minimum absolute atomic E-state index is 0.0220. The van der Waals surface area contributed by atoms with Crippen LogP contribution in [0.5, 0.6) is 5.75 Å². The molecule has 1 aromatic carbocycles. The summed E-state index contributed by atoms with van der Waals surface area (Å²) in [6.45, 7) is 0.0897. The van der Waals surface area contributed by atoms with Crippen molar-refractivity contribution in [2.24, 2.45) is 5.16 Å². The molecule has 0 aliphatic rings. The van der Waals surface area contributed by atoms with Gasteiger partial charge in [-0.25, -0.2) is 0 Å². The number of hydrogen-bond acceptors (Lipinski definition) is 4. The van der Waals surface area contributed by atoms with Gasteiger partial charge in [-0.3, -0.25) is 0 Å². The van der Waals surface area contributed by atoms with Gasteiger partial charge in [0.25, 0.3) is 0 Å². The van der Waals surface area contributed by atoms with E-state index in [2.05, 4.69) is 9.89 Å². The SMILES string of the molecule is C/C(=N/O)c1ccccc1OCCOCC(F)(F)F. The smallest absolute Gasteiger partial charge is 0.411 e. The number of ether oxygens (including phenoxy) is 2. The van der Waals surface area contributed by atoms with Crippen molar-refractivity contribution in [1.82, 2.24) is 0 Å². The molecule has 7 heteroatoms. The lowest BCUT2D eigenvalue weighted by molar-refractivity contribution is -0.175. The number of nitrogens with zero attached hydrogens (tertiary/aromatic N) is 1. The second-order valence-corrected chi connectivity index (χ2v) is 3.70. The first-order valence-corrected chi connectivity index (χ1v) is 5.49. The Morgan fingerprint density at radius 3 is 2.58 bits per heavy atom. The first kappa shape index (κ1) is 15.3. The number of oxime groups is 1. The van der Waals surface area contributed by atoms with Gasteiger partial charge in [-0.05, 0) is 19.1 Å². The molecule has 0 spiro atoms. The Hall–Kier alpha value is -1.76. The summed E-state index contributed by atoms with van der Waals surface area (Å²) < 4.78 is 45.1. The first-order valence-electron chi connectivity index (χ1n) is 5.49. The summed E-state index contributed by atoms with van der Waals surface area (Å²) in [7, 11) is 0. The second kappa shape index (κ2) is 6.98. The van der Waals surface area contributed by atoms with Crippen LogP contribution in [0, 0.1) is 0 Å². The van der Waals surface area contributed by atoms with Gasteiger partial charge in [-0.2, -0.15) is 13.2 Å². The molecule has 0 fully saturated rings. The number of rotatable bonds is 6. The summed E-state index contributed by atoms with van der Waals surface area (Å²) in [5, 5.41) is 11.7. The fourth-order valence-corrected chi connectivity index (χ4v) is 1.34. The minimum atomic E-state index is -4.34. The zero-order valence-electron chi connectivity index (χ0n) is 10.3. The van der Waals surface area contributed by atoms with Crippen LogP contribution < -0.4 is 4.74 Å². The molecular formula is C12H14F3NO3. The van der Waals surface area contributed by atoms with Crippen molar-refractivity contribution in [2.75, 3.05) is 19.8 Å². The largest absolute Gasteiger partial charge is 0.490 e. The number of hydrogen-bond donors (Lipinski definition) is 1. The Morgan fingerprint density at radius 1 is 1.26 bits per heavy atom. The molecule has 0 heterocycles. The zero-order valence-corrected chi connectivity index (χ0v) is 10.3. The molecule has 0 atom stereocenters. The highest BCUT2D eigenvalue weighted by Crippen LogP contribution is 2.19. The van der Waals surface area contributed by atoms with Crippen molar-refractivity contribution >= 4 is 5.71 Å². The van der Waals surface area contributed by atoms with Gasteiger partial charge >= 0.3 is 6.18 Å². The Bertz CT molecular complexity index is 432. The van der Waals surface area contributed by atoms with Crippen molar-refractivity contribution in [3.05, 3.63) is 29.8 Å². The zero-order chi connectivity index (χ0) is 14.3. The highest BCUT2D eigenvalue weighted by atomic mass is 19.4. The second-order valence-electron chi connectivity index (χ2n) is 3.70.